The maximum Gasteiger partial charge on any atom is 0.293 e. The molecule has 1 heterocycles. The quantitative estimate of drug-likeness (QED) is 0.290. The van der Waals surface area contributed by atoms with Crippen LogP contribution in [-0.4, -0.2) is 29.8 Å². The van der Waals surface area contributed by atoms with Gasteiger partial charge in [0, 0.05) is 4.47 Å². The van der Waals surface area contributed by atoms with E-state index in [4.69, 9.17) is 9.47 Å². The molecule has 8 heteroatoms. The van der Waals surface area contributed by atoms with Crippen LogP contribution in [0.4, 0.5) is 4.79 Å². The van der Waals surface area contributed by atoms with Crippen molar-refractivity contribution in [2.75, 3.05) is 13.7 Å². The lowest BCUT2D eigenvalue weighted by Gasteiger charge is -2.13. The number of methoxy groups -OCH3 is 1. The first-order valence-corrected chi connectivity index (χ1v) is 11.6. The van der Waals surface area contributed by atoms with Crippen LogP contribution in [0.25, 0.3) is 6.08 Å². The molecule has 1 fully saturated rings. The molecule has 2 aromatic carbocycles. The Kier molecular flexibility index (Phi) is 7.64. The Hall–Kier alpha value is -1.52. The number of nitrogens with zero attached hydrogens (tertiary/aromatic N) is 1. The summed E-state index contributed by atoms with van der Waals surface area (Å²) in [5, 5.41) is -0.270. The Morgan fingerprint density at radius 3 is 2.59 bits per heavy atom. The molecule has 29 heavy (non-hydrogen) atoms. The first kappa shape index (κ1) is 22.2. The molecule has 2 aromatic rings. The molecule has 5 nitrogen and oxygen atoms in total. The maximum absolute atomic E-state index is 12.8. The summed E-state index contributed by atoms with van der Waals surface area (Å²) in [7, 11) is 1.58. The minimum absolute atomic E-state index is 0.250. The number of benzene rings is 2. The van der Waals surface area contributed by atoms with Crippen LogP contribution in [0.15, 0.2) is 45.8 Å². The van der Waals surface area contributed by atoms with Crippen molar-refractivity contribution < 1.29 is 19.1 Å². The lowest BCUT2D eigenvalue weighted by atomic mass is 10.1. The van der Waals surface area contributed by atoms with Gasteiger partial charge in [0.05, 0.1) is 28.7 Å². The van der Waals surface area contributed by atoms with Crippen LogP contribution in [0.5, 0.6) is 11.5 Å². The highest BCUT2D eigenvalue weighted by Gasteiger charge is 2.35. The van der Waals surface area contributed by atoms with Gasteiger partial charge in [0.1, 0.15) is 0 Å². The van der Waals surface area contributed by atoms with Crippen molar-refractivity contribution >= 4 is 67.5 Å². The normalized spacial score (nSPS) is 15.3. The van der Waals surface area contributed by atoms with Crippen LogP contribution in [0.2, 0.25) is 0 Å². The zero-order chi connectivity index (χ0) is 21.0. The van der Waals surface area contributed by atoms with E-state index in [0.29, 0.717) is 23.0 Å². The SMILES string of the molecule is CCCOc1c(I)cc(/C=C2\SC(=O)N(Cc3ccc(Br)cc3)C2=O)cc1OC. The monoisotopic (exact) mass is 587 g/mol. The maximum atomic E-state index is 12.8. The summed E-state index contributed by atoms with van der Waals surface area (Å²) in [6, 6.07) is 11.3. The van der Waals surface area contributed by atoms with Gasteiger partial charge in [-0.3, -0.25) is 14.5 Å². The summed E-state index contributed by atoms with van der Waals surface area (Å²) >= 11 is 6.52. The fourth-order valence-electron chi connectivity index (χ4n) is 2.73. The lowest BCUT2D eigenvalue weighted by molar-refractivity contribution is -0.123. The summed E-state index contributed by atoms with van der Waals surface area (Å²) in [5.74, 6) is 1.00. The van der Waals surface area contributed by atoms with E-state index in [-0.39, 0.29) is 17.7 Å². The van der Waals surface area contributed by atoms with Crippen molar-refractivity contribution in [3.05, 3.63) is 60.5 Å². The van der Waals surface area contributed by atoms with Crippen molar-refractivity contribution in [3.63, 3.8) is 0 Å². The van der Waals surface area contributed by atoms with Gasteiger partial charge in [0.15, 0.2) is 11.5 Å². The number of hydrogen-bond acceptors (Lipinski definition) is 5. The fourth-order valence-corrected chi connectivity index (χ4v) is 4.61. The summed E-state index contributed by atoms with van der Waals surface area (Å²) in [6.07, 6.45) is 2.62. The van der Waals surface area contributed by atoms with E-state index in [1.54, 1.807) is 13.2 Å². The van der Waals surface area contributed by atoms with Gasteiger partial charge < -0.3 is 9.47 Å². The molecule has 0 atom stereocenters. The molecule has 1 saturated heterocycles. The minimum atomic E-state index is -0.289. The van der Waals surface area contributed by atoms with E-state index in [9.17, 15) is 9.59 Å². The smallest absolute Gasteiger partial charge is 0.293 e. The molecule has 0 bridgehead atoms. The first-order chi connectivity index (χ1) is 13.9. The van der Waals surface area contributed by atoms with E-state index >= 15 is 0 Å². The standard InChI is InChI=1S/C21H19BrINO4S/c1-3-8-28-19-16(23)9-14(10-17(19)27-2)11-18-20(25)24(21(26)29-18)12-13-4-6-15(22)7-5-13/h4-7,9-11H,3,8,12H2,1-2H3/b18-11-. The highest BCUT2D eigenvalue weighted by Crippen LogP contribution is 2.37. The van der Waals surface area contributed by atoms with E-state index in [0.717, 1.165) is 37.4 Å². The molecule has 1 aliphatic heterocycles. The molecule has 0 aliphatic carbocycles. The number of amides is 2. The van der Waals surface area contributed by atoms with Gasteiger partial charge >= 0.3 is 0 Å². The highest BCUT2D eigenvalue weighted by molar-refractivity contribution is 14.1. The van der Waals surface area contributed by atoms with Crippen molar-refractivity contribution in [2.45, 2.75) is 19.9 Å². The molecule has 0 spiro atoms. The minimum Gasteiger partial charge on any atom is -0.493 e. The van der Waals surface area contributed by atoms with Crippen LogP contribution in [0.3, 0.4) is 0 Å². The molecule has 1 aliphatic rings. The third-order valence-corrected chi connectivity index (χ3v) is 6.36. The molecule has 152 valence electrons. The van der Waals surface area contributed by atoms with Crippen LogP contribution in [-0.2, 0) is 11.3 Å². The highest BCUT2D eigenvalue weighted by atomic mass is 127. The number of imide groups is 1. The Bertz CT molecular complexity index is 962. The number of carbonyl (C=O) groups excluding carboxylic acids is 2. The number of halogens is 2. The second-order valence-corrected chi connectivity index (χ2v) is 9.35. The van der Waals surface area contributed by atoms with E-state index in [1.807, 2.05) is 43.3 Å². The zero-order valence-corrected chi connectivity index (χ0v) is 20.5. The van der Waals surface area contributed by atoms with Crippen LogP contribution < -0.4 is 9.47 Å². The molecule has 0 saturated carbocycles. The number of rotatable bonds is 7. The summed E-state index contributed by atoms with van der Waals surface area (Å²) < 4.78 is 13.1. The Balaban J connectivity index is 1.83. The Labute approximate surface area is 196 Å². The summed E-state index contributed by atoms with van der Waals surface area (Å²) in [6.45, 7) is 2.89. The first-order valence-electron chi connectivity index (χ1n) is 8.93. The Morgan fingerprint density at radius 1 is 1.21 bits per heavy atom. The van der Waals surface area contributed by atoms with E-state index in [1.165, 1.54) is 4.90 Å². The molecule has 2 amide bonds. The Morgan fingerprint density at radius 2 is 1.93 bits per heavy atom. The van der Waals surface area contributed by atoms with Crippen molar-refractivity contribution in [1.82, 2.24) is 4.90 Å². The van der Waals surface area contributed by atoms with Gasteiger partial charge in [0.25, 0.3) is 11.1 Å². The second kappa shape index (κ2) is 9.99. The number of carbonyl (C=O) groups is 2. The molecule has 0 radical (unpaired) electrons. The second-order valence-electron chi connectivity index (χ2n) is 6.28. The summed E-state index contributed by atoms with van der Waals surface area (Å²) in [5.41, 5.74) is 1.68. The largest absolute Gasteiger partial charge is 0.493 e. The molecular weight excluding hydrogens is 569 g/mol. The summed E-state index contributed by atoms with van der Waals surface area (Å²) in [4.78, 5) is 26.8. The van der Waals surface area contributed by atoms with Crippen molar-refractivity contribution in [3.8, 4) is 11.5 Å². The molecule has 0 aromatic heterocycles. The molecule has 0 N–H and O–H groups in total. The molecule has 3 rings (SSSR count). The molecular formula is C21H19BrINO4S. The number of thioether (sulfide) groups is 1. The van der Waals surface area contributed by atoms with Gasteiger partial charge in [-0.05, 0) is 82.2 Å². The predicted molar refractivity (Wildman–Crippen MR) is 127 cm³/mol. The number of hydrogen-bond donors (Lipinski definition) is 0. The van der Waals surface area contributed by atoms with Crippen LogP contribution >= 0.6 is 50.3 Å². The third-order valence-electron chi connectivity index (χ3n) is 4.13. The van der Waals surface area contributed by atoms with Crippen molar-refractivity contribution in [2.24, 2.45) is 0 Å². The number of ether oxygens (including phenoxy) is 2. The van der Waals surface area contributed by atoms with Crippen LogP contribution in [0.1, 0.15) is 24.5 Å². The zero-order valence-electron chi connectivity index (χ0n) is 15.9. The van der Waals surface area contributed by atoms with Crippen LogP contribution in [0, 0.1) is 3.57 Å². The molecule has 0 unspecified atom stereocenters. The van der Waals surface area contributed by atoms with Gasteiger partial charge in [-0.25, -0.2) is 0 Å². The van der Waals surface area contributed by atoms with Gasteiger partial charge in [-0.2, -0.15) is 0 Å². The van der Waals surface area contributed by atoms with Gasteiger partial charge in [0.2, 0.25) is 0 Å². The average Bonchev–Trinajstić information content (AvgIpc) is 2.95. The lowest BCUT2D eigenvalue weighted by Crippen LogP contribution is -2.27. The topological polar surface area (TPSA) is 55.8 Å². The van der Waals surface area contributed by atoms with Gasteiger partial charge in [-0.15, -0.1) is 0 Å². The van der Waals surface area contributed by atoms with Crippen molar-refractivity contribution in [1.29, 1.82) is 0 Å². The average molecular weight is 588 g/mol. The predicted octanol–water partition coefficient (Wildman–Crippen LogP) is 6.09. The van der Waals surface area contributed by atoms with Gasteiger partial charge in [-0.1, -0.05) is 35.0 Å². The fraction of sp³-hybridized carbons (Fsp3) is 0.238. The van der Waals surface area contributed by atoms with E-state index < -0.39 is 0 Å². The van der Waals surface area contributed by atoms with E-state index in [2.05, 4.69) is 38.5 Å². The third kappa shape index (κ3) is 5.35.